The third kappa shape index (κ3) is 3.57. The molecule has 1 rings (SSSR count). The lowest BCUT2D eigenvalue weighted by molar-refractivity contribution is 0.0549. The lowest BCUT2D eigenvalue weighted by Gasteiger charge is -2.30. The van der Waals surface area contributed by atoms with Gasteiger partial charge in [0.25, 0.3) is 5.90 Å². The minimum atomic E-state index is 0.402. The van der Waals surface area contributed by atoms with E-state index in [-0.39, 0.29) is 0 Å². The van der Waals surface area contributed by atoms with Crippen molar-refractivity contribution in [2.45, 2.75) is 6.92 Å². The Kier molecular flexibility index (Phi) is 6.03. The first-order valence-electron chi connectivity index (χ1n) is 5.33. The molecule has 5 nitrogen and oxygen atoms in total. The van der Waals surface area contributed by atoms with Crippen molar-refractivity contribution in [3.05, 3.63) is 11.8 Å². The van der Waals surface area contributed by atoms with E-state index in [0.29, 0.717) is 31.6 Å². The summed E-state index contributed by atoms with van der Waals surface area (Å²) in [5, 5.41) is 3.66. The Morgan fingerprint density at radius 1 is 1.56 bits per heavy atom. The molecule has 0 radical (unpaired) electrons. The molecule has 2 N–H and O–H groups in total. The molecule has 0 unspecified atom stereocenters. The fourth-order valence-corrected chi connectivity index (χ4v) is 1.69. The van der Waals surface area contributed by atoms with Crippen LogP contribution in [0.25, 0.3) is 0 Å². The molecule has 6 heteroatoms. The number of nitrogens with two attached hydrogens (primary N) is 1. The number of hydrogen-bond donors (Lipinski definition) is 1. The number of halogens is 1. The van der Waals surface area contributed by atoms with Gasteiger partial charge in [0.05, 0.1) is 25.5 Å². The maximum absolute atomic E-state index is 5.73. The molecular weight excluding hydrogens is 230 g/mol. The summed E-state index contributed by atoms with van der Waals surface area (Å²) in [6, 6.07) is 0. The summed E-state index contributed by atoms with van der Waals surface area (Å²) in [5.41, 5.74) is 0.850. The third-order valence-corrected chi connectivity index (χ3v) is 2.39. The molecule has 0 amide bonds. The Morgan fingerprint density at radius 2 is 2.25 bits per heavy atom. The van der Waals surface area contributed by atoms with Gasteiger partial charge < -0.3 is 20.2 Å². The zero-order chi connectivity index (χ0) is 11.8. The number of hydrogen-bond acceptors (Lipinski definition) is 5. The van der Waals surface area contributed by atoms with Crippen molar-refractivity contribution in [2.75, 3.05) is 38.8 Å². The monoisotopic (exact) mass is 247 g/mol. The Labute approximate surface area is 101 Å². The molecule has 16 heavy (non-hydrogen) atoms. The van der Waals surface area contributed by atoms with Gasteiger partial charge in [-0.25, -0.2) is 0 Å². The molecule has 1 heterocycles. The minimum absolute atomic E-state index is 0.402. The highest BCUT2D eigenvalue weighted by atomic mass is 35.5. The van der Waals surface area contributed by atoms with Gasteiger partial charge in [0.2, 0.25) is 0 Å². The van der Waals surface area contributed by atoms with E-state index < -0.39 is 0 Å². The molecular formula is C10H18ClN3O2. The summed E-state index contributed by atoms with van der Waals surface area (Å²) in [6.45, 7) is 5.42. The van der Waals surface area contributed by atoms with Crippen LogP contribution in [-0.2, 0) is 9.47 Å². The topological polar surface area (TPSA) is 60.1 Å². The largest absolute Gasteiger partial charge is 0.476 e. The summed E-state index contributed by atoms with van der Waals surface area (Å²) >= 11 is 5.73. The van der Waals surface area contributed by atoms with Crippen molar-refractivity contribution in [2.24, 2.45) is 10.9 Å². The first kappa shape index (κ1) is 13.1. The van der Waals surface area contributed by atoms with Gasteiger partial charge in [-0.05, 0) is 13.0 Å². The van der Waals surface area contributed by atoms with Crippen LogP contribution in [0.3, 0.4) is 0 Å². The first-order chi connectivity index (χ1) is 7.83. The van der Waals surface area contributed by atoms with Crippen LogP contribution < -0.4 is 5.84 Å². The fourth-order valence-electron chi connectivity index (χ4n) is 1.54. The normalized spacial score (nSPS) is 18.8. The number of rotatable bonds is 4. The number of allylic oxidation sites excluding steroid dienone is 1. The van der Waals surface area contributed by atoms with Gasteiger partial charge in [0.15, 0.2) is 0 Å². The molecule has 0 atom stereocenters. The molecule has 0 saturated carbocycles. The second-order valence-corrected chi connectivity index (χ2v) is 3.52. The Balaban J connectivity index is 2.76. The van der Waals surface area contributed by atoms with Crippen LogP contribution in [0.4, 0.5) is 0 Å². The number of alkyl halides is 1. The van der Waals surface area contributed by atoms with Crippen molar-refractivity contribution in [3.63, 3.8) is 0 Å². The highest BCUT2D eigenvalue weighted by Gasteiger charge is 2.18. The van der Waals surface area contributed by atoms with E-state index in [0.717, 1.165) is 18.8 Å². The van der Waals surface area contributed by atoms with Crippen molar-refractivity contribution in [1.29, 1.82) is 0 Å². The summed E-state index contributed by atoms with van der Waals surface area (Å²) in [6.07, 6.45) is 1.86. The molecule has 0 aliphatic carbocycles. The molecule has 1 fully saturated rings. The molecule has 0 aromatic rings. The fraction of sp³-hybridized carbons (Fsp3) is 0.700. The van der Waals surface area contributed by atoms with E-state index in [1.165, 1.54) is 0 Å². The summed E-state index contributed by atoms with van der Waals surface area (Å²) < 4.78 is 10.7. The van der Waals surface area contributed by atoms with Crippen LogP contribution in [0, 0.1) is 0 Å². The highest BCUT2D eigenvalue weighted by Crippen LogP contribution is 2.11. The highest BCUT2D eigenvalue weighted by molar-refractivity contribution is 6.19. The predicted molar refractivity (Wildman–Crippen MR) is 64.4 cm³/mol. The second-order valence-electron chi connectivity index (χ2n) is 3.21. The molecule has 92 valence electrons. The summed E-state index contributed by atoms with van der Waals surface area (Å²) in [5.74, 6) is 6.15. The molecule has 1 aliphatic heterocycles. The van der Waals surface area contributed by atoms with E-state index in [2.05, 4.69) is 10.0 Å². The molecule has 1 saturated heterocycles. The standard InChI is InChI=1S/C10H18ClN3O2/c1-2-16-10(13-12)9(3-4-11)14-5-7-15-8-6-14/h3H,2,4-8,12H2,1H3/b9-3+,13-10?. The average Bonchev–Trinajstić information content (AvgIpc) is 2.35. The van der Waals surface area contributed by atoms with Crippen molar-refractivity contribution in [1.82, 2.24) is 4.90 Å². The first-order valence-corrected chi connectivity index (χ1v) is 5.86. The van der Waals surface area contributed by atoms with E-state index in [4.69, 9.17) is 26.9 Å². The van der Waals surface area contributed by atoms with Gasteiger partial charge in [0, 0.05) is 19.0 Å². The summed E-state index contributed by atoms with van der Waals surface area (Å²) in [7, 11) is 0. The van der Waals surface area contributed by atoms with Gasteiger partial charge in [-0.2, -0.15) is 0 Å². The molecule has 0 aromatic carbocycles. The van der Waals surface area contributed by atoms with Crippen LogP contribution in [0.1, 0.15) is 6.92 Å². The number of hydrazone groups is 1. The summed E-state index contributed by atoms with van der Waals surface area (Å²) in [4.78, 5) is 2.12. The van der Waals surface area contributed by atoms with E-state index in [1.54, 1.807) is 0 Å². The quantitative estimate of drug-likeness (QED) is 0.262. The second kappa shape index (κ2) is 7.35. The predicted octanol–water partition coefficient (Wildman–Crippen LogP) is 0.750. The zero-order valence-electron chi connectivity index (χ0n) is 9.49. The van der Waals surface area contributed by atoms with Crippen LogP contribution in [-0.4, -0.2) is 49.6 Å². The van der Waals surface area contributed by atoms with Crippen molar-refractivity contribution >= 4 is 17.5 Å². The number of ether oxygens (including phenoxy) is 2. The Morgan fingerprint density at radius 3 is 2.75 bits per heavy atom. The minimum Gasteiger partial charge on any atom is -0.476 e. The molecule has 0 aromatic heterocycles. The lowest BCUT2D eigenvalue weighted by atomic mass is 10.3. The number of morpholine rings is 1. The van der Waals surface area contributed by atoms with Crippen LogP contribution in [0.2, 0.25) is 0 Å². The van der Waals surface area contributed by atoms with Crippen LogP contribution >= 0.6 is 11.6 Å². The lowest BCUT2D eigenvalue weighted by Crippen LogP contribution is -2.39. The SMILES string of the molecule is CCOC(=NN)/C(=C\CCl)N1CCOCC1. The van der Waals surface area contributed by atoms with E-state index >= 15 is 0 Å². The molecule has 0 spiro atoms. The third-order valence-electron chi connectivity index (χ3n) is 2.24. The van der Waals surface area contributed by atoms with E-state index in [9.17, 15) is 0 Å². The average molecular weight is 248 g/mol. The maximum atomic E-state index is 5.73. The van der Waals surface area contributed by atoms with Crippen LogP contribution in [0.15, 0.2) is 16.9 Å². The number of nitrogens with zero attached hydrogens (tertiary/aromatic N) is 2. The van der Waals surface area contributed by atoms with Crippen molar-refractivity contribution < 1.29 is 9.47 Å². The van der Waals surface area contributed by atoms with Gasteiger partial charge in [-0.15, -0.1) is 16.7 Å². The maximum Gasteiger partial charge on any atom is 0.253 e. The smallest absolute Gasteiger partial charge is 0.253 e. The van der Waals surface area contributed by atoms with Gasteiger partial charge >= 0.3 is 0 Å². The van der Waals surface area contributed by atoms with Crippen LogP contribution in [0.5, 0.6) is 0 Å². The zero-order valence-corrected chi connectivity index (χ0v) is 10.2. The molecule has 1 aliphatic rings. The van der Waals surface area contributed by atoms with Gasteiger partial charge in [-0.1, -0.05) is 0 Å². The Hall–Kier alpha value is -0.940. The van der Waals surface area contributed by atoms with Gasteiger partial charge in [0.1, 0.15) is 0 Å². The van der Waals surface area contributed by atoms with E-state index in [1.807, 2.05) is 13.0 Å². The molecule has 0 bridgehead atoms. The van der Waals surface area contributed by atoms with Gasteiger partial charge in [-0.3, -0.25) is 0 Å². The Bertz CT molecular complexity index is 263. The van der Waals surface area contributed by atoms with Crippen molar-refractivity contribution in [3.8, 4) is 0 Å².